The van der Waals surface area contributed by atoms with Gasteiger partial charge >= 0.3 is 5.97 Å². The SMILES string of the molecule is O=C(O)CC1CCCCN1S(=O)(=O)c1ccc(I)cc1. The van der Waals surface area contributed by atoms with Gasteiger partial charge in [-0.05, 0) is 59.7 Å². The van der Waals surface area contributed by atoms with Crippen molar-refractivity contribution in [3.05, 3.63) is 27.8 Å². The Labute approximate surface area is 132 Å². The zero-order valence-electron chi connectivity index (χ0n) is 10.8. The van der Waals surface area contributed by atoms with Gasteiger partial charge in [0.15, 0.2) is 0 Å². The second-order valence-electron chi connectivity index (χ2n) is 4.82. The molecule has 110 valence electrons. The van der Waals surface area contributed by atoms with E-state index in [0.29, 0.717) is 13.0 Å². The summed E-state index contributed by atoms with van der Waals surface area (Å²) >= 11 is 2.11. The minimum atomic E-state index is -3.61. The third-order valence-electron chi connectivity index (χ3n) is 3.40. The molecule has 1 heterocycles. The van der Waals surface area contributed by atoms with Crippen molar-refractivity contribution >= 4 is 38.6 Å². The fourth-order valence-corrected chi connectivity index (χ4v) is 4.49. The van der Waals surface area contributed by atoms with E-state index in [0.717, 1.165) is 16.4 Å². The number of carbonyl (C=O) groups is 1. The Hall–Kier alpha value is -0.670. The van der Waals surface area contributed by atoms with Crippen molar-refractivity contribution in [2.75, 3.05) is 6.54 Å². The van der Waals surface area contributed by atoms with Crippen molar-refractivity contribution in [2.45, 2.75) is 36.6 Å². The third kappa shape index (κ3) is 3.50. The first kappa shape index (κ1) is 15.7. The Morgan fingerprint density at radius 2 is 1.95 bits per heavy atom. The van der Waals surface area contributed by atoms with Crippen LogP contribution in [0.2, 0.25) is 0 Å². The number of carboxylic acids is 1. The predicted octanol–water partition coefficient (Wildman–Crippen LogP) is 2.31. The van der Waals surface area contributed by atoms with Crippen LogP contribution in [0.5, 0.6) is 0 Å². The smallest absolute Gasteiger partial charge is 0.304 e. The van der Waals surface area contributed by atoms with Crippen LogP contribution in [0.3, 0.4) is 0 Å². The van der Waals surface area contributed by atoms with Gasteiger partial charge in [-0.15, -0.1) is 0 Å². The standard InChI is InChI=1S/C13H16INO4S/c14-10-4-6-12(7-5-10)20(18,19)15-8-2-1-3-11(15)9-13(16)17/h4-7,11H,1-3,8-9H2,(H,16,17). The molecule has 1 aromatic carbocycles. The first-order valence-corrected chi connectivity index (χ1v) is 8.92. The second kappa shape index (κ2) is 6.40. The Bertz CT molecular complexity index is 585. The molecule has 0 aromatic heterocycles. The number of carboxylic acid groups (broad SMARTS) is 1. The zero-order valence-corrected chi connectivity index (χ0v) is 13.8. The molecule has 1 aliphatic heterocycles. The van der Waals surface area contributed by atoms with Crippen molar-refractivity contribution in [2.24, 2.45) is 0 Å². The van der Waals surface area contributed by atoms with Crippen LogP contribution in [0.4, 0.5) is 0 Å². The van der Waals surface area contributed by atoms with Crippen LogP contribution in [-0.4, -0.2) is 36.4 Å². The van der Waals surface area contributed by atoms with Crippen LogP contribution in [-0.2, 0) is 14.8 Å². The van der Waals surface area contributed by atoms with Crippen molar-refractivity contribution in [1.82, 2.24) is 4.31 Å². The number of hydrogen-bond donors (Lipinski definition) is 1. The number of rotatable bonds is 4. The molecule has 0 saturated carbocycles. The number of sulfonamides is 1. The molecule has 1 saturated heterocycles. The van der Waals surface area contributed by atoms with E-state index in [1.165, 1.54) is 4.31 Å². The Balaban J connectivity index is 2.30. The monoisotopic (exact) mass is 409 g/mol. The van der Waals surface area contributed by atoms with Gasteiger partial charge in [0, 0.05) is 16.2 Å². The lowest BCUT2D eigenvalue weighted by Gasteiger charge is -2.33. The van der Waals surface area contributed by atoms with Crippen molar-refractivity contribution in [3.63, 3.8) is 0 Å². The molecule has 2 rings (SSSR count). The van der Waals surface area contributed by atoms with Crippen LogP contribution in [0.15, 0.2) is 29.2 Å². The third-order valence-corrected chi connectivity index (χ3v) is 6.09. The van der Waals surface area contributed by atoms with Crippen LogP contribution < -0.4 is 0 Å². The van der Waals surface area contributed by atoms with Gasteiger partial charge in [0.05, 0.1) is 11.3 Å². The first-order chi connectivity index (χ1) is 9.41. The fourth-order valence-electron chi connectivity index (χ4n) is 2.44. The molecule has 0 amide bonds. The number of aliphatic carboxylic acids is 1. The van der Waals surface area contributed by atoms with Gasteiger partial charge in [-0.3, -0.25) is 4.79 Å². The van der Waals surface area contributed by atoms with Crippen LogP contribution in [0.1, 0.15) is 25.7 Å². The molecule has 1 unspecified atom stereocenters. The molecule has 1 N–H and O–H groups in total. The maximum atomic E-state index is 12.6. The summed E-state index contributed by atoms with van der Waals surface area (Å²) < 4.78 is 27.6. The van der Waals surface area contributed by atoms with Gasteiger partial charge in [0.2, 0.25) is 10.0 Å². The molecule has 20 heavy (non-hydrogen) atoms. The molecule has 0 radical (unpaired) electrons. The second-order valence-corrected chi connectivity index (χ2v) is 7.95. The van der Waals surface area contributed by atoms with Crippen LogP contribution in [0.25, 0.3) is 0 Å². The summed E-state index contributed by atoms with van der Waals surface area (Å²) in [5.74, 6) is -0.959. The van der Waals surface area contributed by atoms with Gasteiger partial charge < -0.3 is 5.11 Å². The molecule has 1 fully saturated rings. The molecular weight excluding hydrogens is 393 g/mol. The highest BCUT2D eigenvalue weighted by atomic mass is 127. The molecule has 1 aromatic rings. The van der Waals surface area contributed by atoms with E-state index < -0.39 is 22.0 Å². The van der Waals surface area contributed by atoms with E-state index in [2.05, 4.69) is 22.6 Å². The Kier molecular flexibility index (Phi) is 5.03. The first-order valence-electron chi connectivity index (χ1n) is 6.40. The lowest BCUT2D eigenvalue weighted by molar-refractivity contribution is -0.138. The molecule has 1 atom stereocenters. The predicted molar refractivity (Wildman–Crippen MR) is 82.9 cm³/mol. The minimum absolute atomic E-state index is 0.135. The summed E-state index contributed by atoms with van der Waals surface area (Å²) in [5.41, 5.74) is 0. The van der Waals surface area contributed by atoms with Crippen molar-refractivity contribution in [1.29, 1.82) is 0 Å². The highest BCUT2D eigenvalue weighted by Gasteiger charge is 2.34. The number of piperidine rings is 1. The molecule has 5 nitrogen and oxygen atoms in total. The largest absolute Gasteiger partial charge is 0.481 e. The summed E-state index contributed by atoms with van der Waals surface area (Å²) in [6.07, 6.45) is 2.12. The average molecular weight is 409 g/mol. The summed E-state index contributed by atoms with van der Waals surface area (Å²) in [4.78, 5) is 11.1. The summed E-state index contributed by atoms with van der Waals surface area (Å²) in [6, 6.07) is 6.19. The topological polar surface area (TPSA) is 74.7 Å². The molecule has 7 heteroatoms. The maximum Gasteiger partial charge on any atom is 0.304 e. The van der Waals surface area contributed by atoms with Gasteiger partial charge in [-0.1, -0.05) is 6.42 Å². The van der Waals surface area contributed by atoms with E-state index in [1.807, 2.05) is 0 Å². The molecule has 0 spiro atoms. The highest BCUT2D eigenvalue weighted by Crippen LogP contribution is 2.27. The van der Waals surface area contributed by atoms with E-state index in [1.54, 1.807) is 24.3 Å². The normalized spacial score (nSPS) is 20.8. The van der Waals surface area contributed by atoms with Crippen molar-refractivity contribution in [3.8, 4) is 0 Å². The number of halogens is 1. The number of hydrogen-bond acceptors (Lipinski definition) is 3. The van der Waals surface area contributed by atoms with E-state index in [9.17, 15) is 13.2 Å². The molecule has 1 aliphatic rings. The van der Waals surface area contributed by atoms with Crippen LogP contribution >= 0.6 is 22.6 Å². The number of nitrogens with zero attached hydrogens (tertiary/aromatic N) is 1. The Morgan fingerprint density at radius 1 is 1.30 bits per heavy atom. The van der Waals surface area contributed by atoms with Gasteiger partial charge in [-0.2, -0.15) is 4.31 Å². The Morgan fingerprint density at radius 3 is 2.55 bits per heavy atom. The van der Waals surface area contributed by atoms with Gasteiger partial charge in [0.1, 0.15) is 0 Å². The molecule has 0 bridgehead atoms. The maximum absolute atomic E-state index is 12.6. The average Bonchev–Trinajstić information content (AvgIpc) is 2.39. The van der Waals surface area contributed by atoms with Gasteiger partial charge in [-0.25, -0.2) is 8.42 Å². The zero-order chi connectivity index (χ0) is 14.8. The fraction of sp³-hybridized carbons (Fsp3) is 0.462. The number of benzene rings is 1. The summed E-state index contributed by atoms with van der Waals surface area (Å²) in [5, 5.41) is 8.93. The summed E-state index contributed by atoms with van der Waals surface area (Å²) in [6.45, 7) is 0.395. The van der Waals surface area contributed by atoms with Crippen molar-refractivity contribution < 1.29 is 18.3 Å². The quantitative estimate of drug-likeness (QED) is 0.775. The lowest BCUT2D eigenvalue weighted by Crippen LogP contribution is -2.44. The van der Waals surface area contributed by atoms with Crippen LogP contribution in [0, 0.1) is 3.57 Å². The highest BCUT2D eigenvalue weighted by molar-refractivity contribution is 14.1. The van der Waals surface area contributed by atoms with E-state index >= 15 is 0 Å². The van der Waals surface area contributed by atoms with E-state index in [4.69, 9.17) is 5.11 Å². The lowest BCUT2D eigenvalue weighted by atomic mass is 10.0. The van der Waals surface area contributed by atoms with Gasteiger partial charge in [0.25, 0.3) is 0 Å². The molecule has 0 aliphatic carbocycles. The molecular formula is C13H16INO4S. The van der Waals surface area contributed by atoms with E-state index in [-0.39, 0.29) is 11.3 Å². The summed E-state index contributed by atoms with van der Waals surface area (Å²) in [7, 11) is -3.61. The minimum Gasteiger partial charge on any atom is -0.481 e.